The van der Waals surface area contributed by atoms with Crippen LogP contribution in [0.15, 0.2) is 54.7 Å². The average Bonchev–Trinajstić information content (AvgIpc) is 3.23. The van der Waals surface area contributed by atoms with Gasteiger partial charge >= 0.3 is 0 Å². The Balaban J connectivity index is 1.59. The number of hydrogen-bond acceptors (Lipinski definition) is 4. The Bertz CT molecular complexity index is 1040. The number of hydrogen-bond donors (Lipinski definition) is 0. The van der Waals surface area contributed by atoms with E-state index in [2.05, 4.69) is 9.97 Å². The number of likely N-dealkylation sites (tertiary alicyclic amines) is 1. The molecule has 1 fully saturated rings. The number of nitrogens with zero attached hydrogens (tertiary/aromatic N) is 3. The summed E-state index contributed by atoms with van der Waals surface area (Å²) in [6, 6.07) is 15.1. The summed E-state index contributed by atoms with van der Waals surface area (Å²) in [7, 11) is 1.53. The lowest BCUT2D eigenvalue weighted by atomic mass is 10.0. The second-order valence-electron chi connectivity index (χ2n) is 6.82. The Kier molecular flexibility index (Phi) is 5.69. The molecule has 0 radical (unpaired) electrons. The lowest BCUT2D eigenvalue weighted by molar-refractivity contribution is 0.0736. The van der Waals surface area contributed by atoms with Crippen LogP contribution in [0, 0.1) is 0 Å². The van der Waals surface area contributed by atoms with Crippen molar-refractivity contribution in [2.45, 2.75) is 18.9 Å². The fourth-order valence-electron chi connectivity index (χ4n) is 3.74. The van der Waals surface area contributed by atoms with Gasteiger partial charge in [0.25, 0.3) is 5.91 Å². The second-order valence-corrected chi connectivity index (χ2v) is 7.56. The van der Waals surface area contributed by atoms with E-state index in [-0.39, 0.29) is 17.2 Å². The Morgan fingerprint density at radius 1 is 1.14 bits per heavy atom. The molecular weight excluding hydrogens is 409 g/mol. The molecule has 29 heavy (non-hydrogen) atoms. The normalized spacial score (nSPS) is 16.1. The maximum atomic E-state index is 13.2. The van der Waals surface area contributed by atoms with Gasteiger partial charge in [0.2, 0.25) is 11.2 Å². The summed E-state index contributed by atoms with van der Waals surface area (Å²) in [5.74, 6) is 0.390. The first-order valence-corrected chi connectivity index (χ1v) is 10.1. The van der Waals surface area contributed by atoms with E-state index in [0.717, 1.165) is 30.5 Å². The van der Waals surface area contributed by atoms with Gasteiger partial charge in [0.15, 0.2) is 0 Å². The van der Waals surface area contributed by atoms with Crippen LogP contribution < -0.4 is 4.74 Å². The van der Waals surface area contributed by atoms with Gasteiger partial charge in [-0.3, -0.25) is 4.79 Å². The zero-order valence-electron chi connectivity index (χ0n) is 15.8. The van der Waals surface area contributed by atoms with Crippen molar-refractivity contribution in [2.75, 3.05) is 13.7 Å². The van der Waals surface area contributed by atoms with Crippen LogP contribution in [0.1, 0.15) is 34.8 Å². The molecule has 1 aromatic heterocycles. The van der Waals surface area contributed by atoms with Crippen molar-refractivity contribution >= 4 is 29.1 Å². The molecule has 0 unspecified atom stereocenters. The average molecular weight is 428 g/mol. The van der Waals surface area contributed by atoms with Crippen molar-refractivity contribution in [1.82, 2.24) is 14.9 Å². The monoisotopic (exact) mass is 427 g/mol. The van der Waals surface area contributed by atoms with Crippen molar-refractivity contribution in [3.8, 4) is 17.0 Å². The Morgan fingerprint density at radius 2 is 1.90 bits per heavy atom. The molecular formula is C22H19Cl2N3O2. The number of rotatable bonds is 4. The molecule has 0 saturated carbocycles. The highest BCUT2D eigenvalue weighted by Crippen LogP contribution is 2.37. The molecule has 1 saturated heterocycles. The first kappa shape index (κ1) is 19.7. The van der Waals surface area contributed by atoms with E-state index in [0.29, 0.717) is 22.0 Å². The molecule has 148 valence electrons. The molecule has 4 rings (SSSR count). The van der Waals surface area contributed by atoms with E-state index in [1.807, 2.05) is 53.4 Å². The van der Waals surface area contributed by atoms with Gasteiger partial charge in [-0.1, -0.05) is 41.9 Å². The quantitative estimate of drug-likeness (QED) is 0.520. The van der Waals surface area contributed by atoms with Crippen molar-refractivity contribution in [3.63, 3.8) is 0 Å². The standard InChI is InChI=1S/C22H19Cl2N3O2/c1-29-20-17(13-25-22(24)26-20)14-8-10-15(11-9-14)21(28)27-12-4-7-19(27)16-5-2-3-6-18(16)23/h2-3,5-6,8-11,13,19H,4,7,12H2,1H3/t19-/m1/s1. The zero-order valence-corrected chi connectivity index (χ0v) is 17.3. The molecule has 0 aliphatic carbocycles. The minimum Gasteiger partial charge on any atom is -0.480 e. The van der Waals surface area contributed by atoms with Gasteiger partial charge in [-0.05, 0) is 53.8 Å². The molecule has 1 amide bonds. The zero-order chi connectivity index (χ0) is 20.4. The summed E-state index contributed by atoms with van der Waals surface area (Å²) in [6.45, 7) is 0.718. The van der Waals surface area contributed by atoms with Gasteiger partial charge in [-0.25, -0.2) is 4.98 Å². The maximum Gasteiger partial charge on any atom is 0.254 e. The minimum absolute atomic E-state index is 0.000589. The molecule has 1 aliphatic heterocycles. The molecule has 5 nitrogen and oxygen atoms in total. The van der Waals surface area contributed by atoms with E-state index >= 15 is 0 Å². The minimum atomic E-state index is -0.00158. The largest absolute Gasteiger partial charge is 0.480 e. The fourth-order valence-corrected chi connectivity index (χ4v) is 4.12. The topological polar surface area (TPSA) is 55.3 Å². The molecule has 3 aromatic rings. The molecule has 0 spiro atoms. The van der Waals surface area contributed by atoms with Crippen LogP contribution in [0.4, 0.5) is 0 Å². The lowest BCUT2D eigenvalue weighted by Gasteiger charge is -2.26. The first-order valence-electron chi connectivity index (χ1n) is 9.31. The van der Waals surface area contributed by atoms with Gasteiger partial charge in [0.05, 0.1) is 18.7 Å². The predicted molar refractivity (Wildman–Crippen MR) is 113 cm³/mol. The van der Waals surface area contributed by atoms with Crippen LogP contribution in [-0.4, -0.2) is 34.4 Å². The van der Waals surface area contributed by atoms with Crippen molar-refractivity contribution < 1.29 is 9.53 Å². The van der Waals surface area contributed by atoms with E-state index in [4.69, 9.17) is 27.9 Å². The van der Waals surface area contributed by atoms with Crippen molar-refractivity contribution in [3.05, 3.63) is 76.2 Å². The summed E-state index contributed by atoms with van der Waals surface area (Å²) in [5.41, 5.74) is 3.19. The molecule has 2 heterocycles. The number of methoxy groups -OCH3 is 1. The van der Waals surface area contributed by atoms with Gasteiger partial charge in [-0.15, -0.1) is 0 Å². The highest BCUT2D eigenvalue weighted by atomic mass is 35.5. The van der Waals surface area contributed by atoms with Gasteiger partial charge < -0.3 is 9.64 Å². The van der Waals surface area contributed by atoms with Crippen LogP contribution in [-0.2, 0) is 0 Å². The third kappa shape index (κ3) is 3.93. The van der Waals surface area contributed by atoms with Crippen LogP contribution >= 0.6 is 23.2 Å². The summed E-state index contributed by atoms with van der Waals surface area (Å²) in [4.78, 5) is 23.2. The SMILES string of the molecule is COc1nc(Cl)ncc1-c1ccc(C(=O)N2CCC[C@@H]2c2ccccc2Cl)cc1. The van der Waals surface area contributed by atoms with Crippen LogP contribution in [0.5, 0.6) is 5.88 Å². The summed E-state index contributed by atoms with van der Waals surface area (Å²) < 4.78 is 5.29. The number of aromatic nitrogens is 2. The fraction of sp³-hybridized carbons (Fsp3) is 0.227. The van der Waals surface area contributed by atoms with Crippen LogP contribution in [0.2, 0.25) is 10.3 Å². The van der Waals surface area contributed by atoms with Gasteiger partial charge in [0.1, 0.15) is 0 Å². The Hall–Kier alpha value is -2.63. The van der Waals surface area contributed by atoms with E-state index in [1.54, 1.807) is 6.20 Å². The maximum absolute atomic E-state index is 13.2. The number of benzene rings is 2. The molecule has 1 aliphatic rings. The summed E-state index contributed by atoms with van der Waals surface area (Å²) >= 11 is 12.2. The summed E-state index contributed by atoms with van der Waals surface area (Å²) in [5, 5.41) is 0.819. The smallest absolute Gasteiger partial charge is 0.254 e. The first-order chi connectivity index (χ1) is 14.1. The van der Waals surface area contributed by atoms with Crippen molar-refractivity contribution in [1.29, 1.82) is 0 Å². The van der Waals surface area contributed by atoms with Gasteiger partial charge in [0, 0.05) is 23.3 Å². The molecule has 1 atom stereocenters. The van der Waals surface area contributed by atoms with Crippen LogP contribution in [0.3, 0.4) is 0 Å². The second kappa shape index (κ2) is 8.39. The molecule has 0 bridgehead atoms. The van der Waals surface area contributed by atoms with Crippen LogP contribution in [0.25, 0.3) is 11.1 Å². The summed E-state index contributed by atoms with van der Waals surface area (Å²) in [6.07, 6.45) is 3.48. The number of carbonyl (C=O) groups is 1. The van der Waals surface area contributed by atoms with E-state index < -0.39 is 0 Å². The molecule has 0 N–H and O–H groups in total. The third-order valence-electron chi connectivity index (χ3n) is 5.14. The molecule has 7 heteroatoms. The number of ether oxygens (including phenoxy) is 1. The predicted octanol–water partition coefficient (Wildman–Crippen LogP) is 5.44. The van der Waals surface area contributed by atoms with Gasteiger partial charge in [-0.2, -0.15) is 4.98 Å². The molecule has 2 aromatic carbocycles. The highest BCUT2D eigenvalue weighted by molar-refractivity contribution is 6.31. The van der Waals surface area contributed by atoms with Crippen molar-refractivity contribution in [2.24, 2.45) is 0 Å². The lowest BCUT2D eigenvalue weighted by Crippen LogP contribution is -2.30. The highest BCUT2D eigenvalue weighted by Gasteiger charge is 2.31. The third-order valence-corrected chi connectivity index (χ3v) is 5.66. The number of amides is 1. The number of halogens is 2. The number of carbonyl (C=O) groups excluding carboxylic acids is 1. The van der Waals surface area contributed by atoms with E-state index in [9.17, 15) is 4.79 Å². The Labute approximate surface area is 179 Å². The van der Waals surface area contributed by atoms with E-state index in [1.165, 1.54) is 7.11 Å². The Morgan fingerprint density at radius 3 is 2.62 bits per heavy atom.